The quantitative estimate of drug-likeness (QED) is 0.0443. The molecule has 0 aromatic rings. The minimum Gasteiger partial charge on any atom is -0.370 e. The van der Waals surface area contributed by atoms with Gasteiger partial charge in [-0.15, -0.1) is 0 Å². The monoisotopic (exact) mass is 644 g/mol. The standard InChI is InChI=1S/C25H44N10O8S/c26-8-2-1-4-14(22(40)31-11-20(30)38)32-24(42)17-5-3-9-35(17)25(43)16(12-44)34-23(41)15(10-19(29)37)33-21(39)13(27)6-7-18(28)36/h13-17,44H,1-12,26-27H2,(H2,28,36)(H2,29,37)(H2,30,38)(H,31,40)(H,32,42)(H,33,39)(H,34,41)/t13-,14-,15-,16-,17-/m0/s1. The van der Waals surface area contributed by atoms with E-state index in [1.165, 1.54) is 4.90 Å². The van der Waals surface area contributed by atoms with Crippen LogP contribution in [0.1, 0.15) is 51.4 Å². The number of rotatable bonds is 20. The summed E-state index contributed by atoms with van der Waals surface area (Å²) in [5.74, 6) is -6.26. The smallest absolute Gasteiger partial charge is 0.246 e. The Labute approximate surface area is 260 Å². The highest BCUT2D eigenvalue weighted by Gasteiger charge is 2.39. The molecule has 5 atom stereocenters. The van der Waals surface area contributed by atoms with Crippen molar-refractivity contribution in [1.82, 2.24) is 26.2 Å². The Bertz CT molecular complexity index is 1080. The summed E-state index contributed by atoms with van der Waals surface area (Å²) in [6.07, 6.45) is 1.12. The normalized spacial score (nSPS) is 17.0. The molecule has 1 saturated heterocycles. The number of carbonyl (C=O) groups is 8. The molecule has 1 aliphatic rings. The van der Waals surface area contributed by atoms with Crippen molar-refractivity contribution in [2.45, 2.75) is 81.6 Å². The molecule has 19 heteroatoms. The molecular formula is C25H44N10O8S. The van der Waals surface area contributed by atoms with E-state index >= 15 is 0 Å². The van der Waals surface area contributed by atoms with Crippen LogP contribution in [0.3, 0.4) is 0 Å². The SMILES string of the molecule is NCCCC[C@H](NC(=O)[C@@H]1CCCN1C(=O)[C@H](CS)NC(=O)[C@H](CC(N)=O)NC(=O)[C@@H](N)CCC(N)=O)C(=O)NCC(N)=O. The van der Waals surface area contributed by atoms with E-state index in [4.69, 9.17) is 28.7 Å². The lowest BCUT2D eigenvalue weighted by atomic mass is 10.1. The van der Waals surface area contributed by atoms with E-state index in [9.17, 15) is 38.4 Å². The summed E-state index contributed by atoms with van der Waals surface area (Å²) < 4.78 is 0. The molecule has 0 unspecified atom stereocenters. The van der Waals surface area contributed by atoms with Gasteiger partial charge >= 0.3 is 0 Å². The summed E-state index contributed by atoms with van der Waals surface area (Å²) in [6, 6.07) is -5.98. The Hall–Kier alpha value is -3.97. The van der Waals surface area contributed by atoms with Crippen LogP contribution < -0.4 is 49.9 Å². The molecule has 0 spiro atoms. The third kappa shape index (κ3) is 13.1. The number of likely N-dealkylation sites (tertiary alicyclic amines) is 1. The summed E-state index contributed by atoms with van der Waals surface area (Å²) in [5.41, 5.74) is 26.6. The average molecular weight is 645 g/mol. The predicted molar refractivity (Wildman–Crippen MR) is 160 cm³/mol. The highest BCUT2D eigenvalue weighted by molar-refractivity contribution is 7.80. The minimum absolute atomic E-state index is 0.108. The molecule has 1 heterocycles. The highest BCUT2D eigenvalue weighted by Crippen LogP contribution is 2.20. The number of nitrogens with one attached hydrogen (secondary N) is 4. The van der Waals surface area contributed by atoms with E-state index in [0.29, 0.717) is 25.8 Å². The van der Waals surface area contributed by atoms with Gasteiger partial charge in [0.25, 0.3) is 0 Å². The second kappa shape index (κ2) is 19.3. The zero-order chi connectivity index (χ0) is 33.4. The number of hydrogen-bond acceptors (Lipinski definition) is 11. The maximum Gasteiger partial charge on any atom is 0.246 e. The number of unbranched alkanes of at least 4 members (excludes halogenated alkanes) is 1. The first-order valence-corrected chi connectivity index (χ1v) is 14.8. The molecule has 0 bridgehead atoms. The molecule has 1 rings (SSSR count). The van der Waals surface area contributed by atoms with Crippen LogP contribution in [0.4, 0.5) is 0 Å². The van der Waals surface area contributed by atoms with Gasteiger partial charge in [-0.1, -0.05) is 0 Å². The summed E-state index contributed by atoms with van der Waals surface area (Å²) in [5, 5.41) is 9.70. The molecule has 44 heavy (non-hydrogen) atoms. The number of nitrogens with two attached hydrogens (primary N) is 5. The van der Waals surface area contributed by atoms with Crippen molar-refractivity contribution in [2.24, 2.45) is 28.7 Å². The summed E-state index contributed by atoms with van der Waals surface area (Å²) >= 11 is 4.15. The Morgan fingerprint density at radius 2 is 1.45 bits per heavy atom. The number of hydrogen-bond donors (Lipinski definition) is 10. The largest absolute Gasteiger partial charge is 0.370 e. The van der Waals surface area contributed by atoms with Gasteiger partial charge in [0, 0.05) is 18.7 Å². The Morgan fingerprint density at radius 1 is 0.795 bits per heavy atom. The van der Waals surface area contributed by atoms with Gasteiger partial charge in [-0.3, -0.25) is 38.4 Å². The number of thiol groups is 1. The number of carbonyl (C=O) groups excluding carboxylic acids is 8. The fraction of sp³-hybridized carbons (Fsp3) is 0.680. The van der Waals surface area contributed by atoms with Crippen LogP contribution in [0.15, 0.2) is 0 Å². The van der Waals surface area contributed by atoms with Crippen LogP contribution in [0.25, 0.3) is 0 Å². The molecule has 0 aromatic heterocycles. The fourth-order valence-electron chi connectivity index (χ4n) is 4.41. The molecule has 0 saturated carbocycles. The number of primary amides is 3. The second-order valence-corrected chi connectivity index (χ2v) is 10.7. The lowest BCUT2D eigenvalue weighted by Gasteiger charge is -2.30. The number of amides is 8. The van der Waals surface area contributed by atoms with Crippen LogP contribution in [-0.2, 0) is 38.4 Å². The Balaban J connectivity index is 2.99. The lowest BCUT2D eigenvalue weighted by molar-refractivity contribution is -0.142. The second-order valence-electron chi connectivity index (χ2n) is 10.3. The molecule has 8 amide bonds. The van der Waals surface area contributed by atoms with Crippen molar-refractivity contribution in [3.8, 4) is 0 Å². The van der Waals surface area contributed by atoms with E-state index < -0.39 is 90.4 Å². The first-order valence-electron chi connectivity index (χ1n) is 14.1. The van der Waals surface area contributed by atoms with Gasteiger partial charge in [-0.25, -0.2) is 0 Å². The van der Waals surface area contributed by atoms with Crippen LogP contribution in [0.5, 0.6) is 0 Å². The van der Waals surface area contributed by atoms with Crippen molar-refractivity contribution in [2.75, 3.05) is 25.4 Å². The Kier molecular flexibility index (Phi) is 16.7. The third-order valence-electron chi connectivity index (χ3n) is 6.73. The summed E-state index contributed by atoms with van der Waals surface area (Å²) in [6.45, 7) is 0.117. The minimum atomic E-state index is -1.50. The molecule has 0 radical (unpaired) electrons. The van der Waals surface area contributed by atoms with Crippen LogP contribution in [-0.4, -0.2) is 108 Å². The maximum absolute atomic E-state index is 13.5. The molecule has 0 aliphatic carbocycles. The number of nitrogens with zero attached hydrogens (tertiary/aromatic N) is 1. The third-order valence-corrected chi connectivity index (χ3v) is 7.09. The predicted octanol–water partition coefficient (Wildman–Crippen LogP) is -5.44. The van der Waals surface area contributed by atoms with Gasteiger partial charge < -0.3 is 54.8 Å². The van der Waals surface area contributed by atoms with Crippen molar-refractivity contribution in [1.29, 1.82) is 0 Å². The summed E-state index contributed by atoms with van der Waals surface area (Å²) in [4.78, 5) is 99.7. The van der Waals surface area contributed by atoms with Crippen LogP contribution in [0, 0.1) is 0 Å². The van der Waals surface area contributed by atoms with Crippen molar-refractivity contribution >= 4 is 59.9 Å². The van der Waals surface area contributed by atoms with Crippen molar-refractivity contribution < 1.29 is 38.4 Å². The molecular weight excluding hydrogens is 600 g/mol. The van der Waals surface area contributed by atoms with E-state index in [1.54, 1.807) is 0 Å². The van der Waals surface area contributed by atoms with Gasteiger partial charge in [-0.05, 0) is 45.1 Å². The lowest BCUT2D eigenvalue weighted by Crippen LogP contribution is -2.59. The van der Waals surface area contributed by atoms with Crippen molar-refractivity contribution in [3.63, 3.8) is 0 Å². The average Bonchev–Trinajstić information content (AvgIpc) is 3.46. The molecule has 0 aromatic carbocycles. The van der Waals surface area contributed by atoms with E-state index in [2.05, 4.69) is 33.9 Å². The van der Waals surface area contributed by atoms with Gasteiger partial charge in [0.15, 0.2) is 0 Å². The molecule has 248 valence electrons. The molecule has 14 N–H and O–H groups in total. The van der Waals surface area contributed by atoms with E-state index in [1.807, 2.05) is 0 Å². The van der Waals surface area contributed by atoms with E-state index in [-0.39, 0.29) is 38.0 Å². The summed E-state index contributed by atoms with van der Waals surface area (Å²) in [7, 11) is 0. The molecule has 1 aliphatic heterocycles. The zero-order valence-electron chi connectivity index (χ0n) is 24.4. The highest BCUT2D eigenvalue weighted by atomic mass is 32.1. The van der Waals surface area contributed by atoms with Gasteiger partial charge in [0.05, 0.1) is 19.0 Å². The molecule has 18 nitrogen and oxygen atoms in total. The van der Waals surface area contributed by atoms with E-state index in [0.717, 1.165) is 0 Å². The first kappa shape index (κ1) is 38.1. The first-order chi connectivity index (χ1) is 20.7. The van der Waals surface area contributed by atoms with Gasteiger partial charge in [0.1, 0.15) is 24.2 Å². The van der Waals surface area contributed by atoms with Crippen LogP contribution in [0.2, 0.25) is 0 Å². The van der Waals surface area contributed by atoms with Crippen molar-refractivity contribution in [3.05, 3.63) is 0 Å². The van der Waals surface area contributed by atoms with Gasteiger partial charge in [-0.2, -0.15) is 12.6 Å². The Morgan fingerprint density at radius 3 is 2.02 bits per heavy atom. The van der Waals surface area contributed by atoms with Gasteiger partial charge in [0.2, 0.25) is 47.3 Å². The van der Waals surface area contributed by atoms with Crippen LogP contribution >= 0.6 is 12.6 Å². The molecule has 1 fully saturated rings. The topological polar surface area (TPSA) is 318 Å². The maximum atomic E-state index is 13.5. The fourth-order valence-corrected chi connectivity index (χ4v) is 4.65. The zero-order valence-corrected chi connectivity index (χ0v) is 25.3.